The fourth-order valence-electron chi connectivity index (χ4n) is 1.78. The molecule has 0 bridgehead atoms. The van der Waals surface area contributed by atoms with Crippen molar-refractivity contribution in [3.63, 3.8) is 0 Å². The van der Waals surface area contributed by atoms with E-state index in [2.05, 4.69) is 5.32 Å². The predicted octanol–water partition coefficient (Wildman–Crippen LogP) is 1.30. The zero-order chi connectivity index (χ0) is 12.3. The molecule has 0 aliphatic carbocycles. The predicted molar refractivity (Wildman–Crippen MR) is 65.0 cm³/mol. The highest BCUT2D eigenvalue weighted by molar-refractivity contribution is 6.30. The van der Waals surface area contributed by atoms with Gasteiger partial charge in [-0.15, -0.1) is 0 Å². The molecule has 17 heavy (non-hydrogen) atoms. The third-order valence-electron chi connectivity index (χ3n) is 2.62. The monoisotopic (exact) mass is 252 g/mol. The van der Waals surface area contributed by atoms with Crippen molar-refractivity contribution in [3.8, 4) is 0 Å². The van der Waals surface area contributed by atoms with Gasteiger partial charge in [0.15, 0.2) is 0 Å². The molecular formula is C12H13ClN2O2. The lowest BCUT2D eigenvalue weighted by atomic mass is 10.2. The standard InChI is InChI=1S/C12H13ClN2O2/c13-10-4-1-3-9(7-10)12(17)15-6-2-5-14-11(16)8-15/h1,3-4,7H,2,5-6,8H2,(H,14,16). The van der Waals surface area contributed by atoms with Gasteiger partial charge in [-0.2, -0.15) is 0 Å². The highest BCUT2D eigenvalue weighted by Gasteiger charge is 2.20. The Morgan fingerprint density at radius 2 is 2.24 bits per heavy atom. The van der Waals surface area contributed by atoms with Crippen LogP contribution in [0.4, 0.5) is 0 Å². The Hall–Kier alpha value is -1.55. The lowest BCUT2D eigenvalue weighted by molar-refractivity contribution is -0.121. The highest BCUT2D eigenvalue weighted by Crippen LogP contribution is 2.13. The van der Waals surface area contributed by atoms with E-state index in [1.165, 1.54) is 0 Å². The first-order valence-electron chi connectivity index (χ1n) is 5.48. The summed E-state index contributed by atoms with van der Waals surface area (Å²) >= 11 is 5.84. The molecule has 1 saturated heterocycles. The van der Waals surface area contributed by atoms with Crippen LogP contribution in [0.3, 0.4) is 0 Å². The van der Waals surface area contributed by atoms with Crippen molar-refractivity contribution in [2.45, 2.75) is 6.42 Å². The molecule has 5 heteroatoms. The second kappa shape index (κ2) is 5.19. The zero-order valence-electron chi connectivity index (χ0n) is 9.28. The summed E-state index contributed by atoms with van der Waals surface area (Å²) < 4.78 is 0. The van der Waals surface area contributed by atoms with Crippen LogP contribution in [-0.2, 0) is 4.79 Å². The molecular weight excluding hydrogens is 240 g/mol. The van der Waals surface area contributed by atoms with Gasteiger partial charge in [-0.1, -0.05) is 17.7 Å². The Balaban J connectivity index is 2.16. The first kappa shape index (κ1) is 11.9. The lowest BCUT2D eigenvalue weighted by Crippen LogP contribution is -2.37. The van der Waals surface area contributed by atoms with Crippen LogP contribution in [0.2, 0.25) is 5.02 Å². The summed E-state index contributed by atoms with van der Waals surface area (Å²) in [5.74, 6) is -0.262. The van der Waals surface area contributed by atoms with Crippen molar-refractivity contribution in [2.75, 3.05) is 19.6 Å². The van der Waals surface area contributed by atoms with E-state index in [1.54, 1.807) is 29.2 Å². The molecule has 2 rings (SSSR count). The number of nitrogens with zero attached hydrogens (tertiary/aromatic N) is 1. The van der Waals surface area contributed by atoms with Crippen molar-refractivity contribution in [1.29, 1.82) is 0 Å². The van der Waals surface area contributed by atoms with Crippen molar-refractivity contribution < 1.29 is 9.59 Å². The second-order valence-corrected chi connectivity index (χ2v) is 4.38. The molecule has 0 radical (unpaired) electrons. The molecule has 1 aromatic rings. The molecule has 0 atom stereocenters. The number of carbonyl (C=O) groups is 2. The number of hydrogen-bond acceptors (Lipinski definition) is 2. The largest absolute Gasteiger partial charge is 0.354 e. The first-order chi connectivity index (χ1) is 8.16. The first-order valence-corrected chi connectivity index (χ1v) is 5.86. The maximum absolute atomic E-state index is 12.1. The van der Waals surface area contributed by atoms with E-state index in [1.807, 2.05) is 0 Å². The van der Waals surface area contributed by atoms with Gasteiger partial charge in [-0.3, -0.25) is 9.59 Å². The summed E-state index contributed by atoms with van der Waals surface area (Å²) in [6, 6.07) is 6.77. The summed E-state index contributed by atoms with van der Waals surface area (Å²) in [7, 11) is 0. The Kier molecular flexibility index (Phi) is 3.64. The van der Waals surface area contributed by atoms with Crippen LogP contribution in [0.25, 0.3) is 0 Å². The minimum atomic E-state index is -0.149. The highest BCUT2D eigenvalue weighted by atomic mass is 35.5. The number of halogens is 1. The van der Waals surface area contributed by atoms with Crippen LogP contribution < -0.4 is 5.32 Å². The molecule has 90 valence electrons. The second-order valence-electron chi connectivity index (χ2n) is 3.94. The topological polar surface area (TPSA) is 49.4 Å². The van der Waals surface area contributed by atoms with E-state index in [4.69, 9.17) is 11.6 Å². The van der Waals surface area contributed by atoms with E-state index in [0.717, 1.165) is 6.42 Å². The maximum atomic E-state index is 12.1. The Morgan fingerprint density at radius 3 is 3.00 bits per heavy atom. The van der Waals surface area contributed by atoms with Crippen LogP contribution in [0.15, 0.2) is 24.3 Å². The Bertz CT molecular complexity index is 448. The quantitative estimate of drug-likeness (QED) is 0.819. The van der Waals surface area contributed by atoms with Gasteiger partial charge >= 0.3 is 0 Å². The average molecular weight is 253 g/mol. The molecule has 4 nitrogen and oxygen atoms in total. The number of benzene rings is 1. The van der Waals surface area contributed by atoms with Crippen molar-refractivity contribution >= 4 is 23.4 Å². The molecule has 1 aromatic carbocycles. The third-order valence-corrected chi connectivity index (χ3v) is 2.86. The van der Waals surface area contributed by atoms with Gasteiger partial charge in [0, 0.05) is 23.7 Å². The molecule has 2 amide bonds. The number of amides is 2. The number of nitrogens with one attached hydrogen (secondary N) is 1. The van der Waals surface area contributed by atoms with Gasteiger partial charge in [0.1, 0.15) is 0 Å². The van der Waals surface area contributed by atoms with Crippen LogP contribution in [-0.4, -0.2) is 36.3 Å². The molecule has 0 saturated carbocycles. The van der Waals surface area contributed by atoms with Crippen LogP contribution >= 0.6 is 11.6 Å². The van der Waals surface area contributed by atoms with Gasteiger partial charge in [0.05, 0.1) is 6.54 Å². The molecule has 1 aliphatic rings. The van der Waals surface area contributed by atoms with Crippen LogP contribution in [0, 0.1) is 0 Å². The zero-order valence-corrected chi connectivity index (χ0v) is 10.0. The molecule has 1 N–H and O–H groups in total. The van der Waals surface area contributed by atoms with Crippen molar-refractivity contribution in [3.05, 3.63) is 34.9 Å². The fourth-order valence-corrected chi connectivity index (χ4v) is 1.97. The molecule has 1 fully saturated rings. The fraction of sp³-hybridized carbons (Fsp3) is 0.333. The average Bonchev–Trinajstić information content (AvgIpc) is 2.53. The molecule has 1 aliphatic heterocycles. The minimum Gasteiger partial charge on any atom is -0.354 e. The van der Waals surface area contributed by atoms with E-state index in [9.17, 15) is 9.59 Å². The minimum absolute atomic E-state index is 0.113. The maximum Gasteiger partial charge on any atom is 0.254 e. The Labute approximate surface area is 105 Å². The van der Waals surface area contributed by atoms with Gasteiger partial charge in [-0.05, 0) is 24.6 Å². The van der Waals surface area contributed by atoms with E-state index < -0.39 is 0 Å². The SMILES string of the molecule is O=C1CN(C(=O)c2cccc(Cl)c2)CCCN1. The van der Waals surface area contributed by atoms with Gasteiger partial charge in [-0.25, -0.2) is 0 Å². The third kappa shape index (κ3) is 2.97. The van der Waals surface area contributed by atoms with Gasteiger partial charge < -0.3 is 10.2 Å². The normalized spacial score (nSPS) is 16.3. The van der Waals surface area contributed by atoms with Crippen LogP contribution in [0.1, 0.15) is 16.8 Å². The van der Waals surface area contributed by atoms with Crippen molar-refractivity contribution in [1.82, 2.24) is 10.2 Å². The summed E-state index contributed by atoms with van der Waals surface area (Å²) in [4.78, 5) is 25.1. The number of carbonyl (C=O) groups excluding carboxylic acids is 2. The van der Waals surface area contributed by atoms with E-state index >= 15 is 0 Å². The molecule has 0 spiro atoms. The Morgan fingerprint density at radius 1 is 1.41 bits per heavy atom. The van der Waals surface area contributed by atoms with Crippen LogP contribution in [0.5, 0.6) is 0 Å². The van der Waals surface area contributed by atoms with Crippen molar-refractivity contribution in [2.24, 2.45) is 0 Å². The van der Waals surface area contributed by atoms with Gasteiger partial charge in [0.2, 0.25) is 5.91 Å². The number of rotatable bonds is 1. The van der Waals surface area contributed by atoms with Gasteiger partial charge in [0.25, 0.3) is 5.91 Å². The number of hydrogen-bond donors (Lipinski definition) is 1. The summed E-state index contributed by atoms with van der Waals surface area (Å²) in [6.45, 7) is 1.33. The summed E-state index contributed by atoms with van der Waals surface area (Å²) in [5, 5.41) is 3.26. The van der Waals surface area contributed by atoms with E-state index in [0.29, 0.717) is 23.7 Å². The van der Waals surface area contributed by atoms with E-state index in [-0.39, 0.29) is 18.4 Å². The summed E-state index contributed by atoms with van der Waals surface area (Å²) in [6.07, 6.45) is 0.776. The lowest BCUT2D eigenvalue weighted by Gasteiger charge is -2.18. The molecule has 1 heterocycles. The molecule has 0 unspecified atom stereocenters. The summed E-state index contributed by atoms with van der Waals surface area (Å²) in [5.41, 5.74) is 0.521. The molecule has 0 aromatic heterocycles. The smallest absolute Gasteiger partial charge is 0.254 e.